The Bertz CT molecular complexity index is 544. The molecular formula is C15H19N3S. The Hall–Kier alpha value is -1.26. The van der Waals surface area contributed by atoms with Gasteiger partial charge in [-0.3, -0.25) is 0 Å². The summed E-state index contributed by atoms with van der Waals surface area (Å²) in [5, 5.41) is 14.4. The van der Waals surface area contributed by atoms with Crippen molar-refractivity contribution in [1.29, 1.82) is 0 Å². The molecule has 1 N–H and O–H groups in total. The van der Waals surface area contributed by atoms with Gasteiger partial charge in [0.2, 0.25) is 0 Å². The van der Waals surface area contributed by atoms with Crippen molar-refractivity contribution in [3.05, 3.63) is 45.9 Å². The Balaban J connectivity index is 1.76. The SMILES string of the molecule is CC(C)(c1ccccc1)c1nnc(CNC2CC2)s1. The maximum absolute atomic E-state index is 4.39. The van der Waals surface area contributed by atoms with E-state index in [1.807, 2.05) is 6.07 Å². The van der Waals surface area contributed by atoms with Crippen molar-refractivity contribution in [1.82, 2.24) is 15.5 Å². The molecule has 0 radical (unpaired) electrons. The molecule has 1 fully saturated rings. The molecule has 0 spiro atoms. The predicted octanol–water partition coefficient (Wildman–Crippen LogP) is 3.12. The molecule has 1 aliphatic carbocycles. The topological polar surface area (TPSA) is 37.8 Å². The van der Waals surface area contributed by atoms with Crippen LogP contribution in [0.25, 0.3) is 0 Å². The average molecular weight is 273 g/mol. The Kier molecular flexibility index (Phi) is 3.37. The first-order chi connectivity index (χ1) is 9.16. The van der Waals surface area contributed by atoms with E-state index in [9.17, 15) is 0 Å². The van der Waals surface area contributed by atoms with Gasteiger partial charge in [-0.15, -0.1) is 10.2 Å². The fraction of sp³-hybridized carbons (Fsp3) is 0.467. The van der Waals surface area contributed by atoms with Crippen LogP contribution in [0.3, 0.4) is 0 Å². The van der Waals surface area contributed by atoms with Crippen LogP contribution in [0.1, 0.15) is 42.3 Å². The first-order valence-electron chi connectivity index (χ1n) is 6.78. The lowest BCUT2D eigenvalue weighted by molar-refractivity contribution is 0.623. The maximum Gasteiger partial charge on any atom is 0.131 e. The zero-order valence-corrected chi connectivity index (χ0v) is 12.2. The van der Waals surface area contributed by atoms with Crippen LogP contribution in [0.4, 0.5) is 0 Å². The molecule has 0 atom stereocenters. The summed E-state index contributed by atoms with van der Waals surface area (Å²) in [6.07, 6.45) is 2.61. The molecule has 3 nitrogen and oxygen atoms in total. The molecule has 1 aromatic heterocycles. The molecule has 1 heterocycles. The zero-order valence-electron chi connectivity index (χ0n) is 11.4. The van der Waals surface area contributed by atoms with Gasteiger partial charge in [0, 0.05) is 18.0 Å². The van der Waals surface area contributed by atoms with Crippen molar-refractivity contribution >= 4 is 11.3 Å². The molecule has 2 aromatic rings. The third-order valence-electron chi connectivity index (χ3n) is 3.62. The molecule has 4 heteroatoms. The Morgan fingerprint density at radius 1 is 1.21 bits per heavy atom. The van der Waals surface area contributed by atoms with E-state index in [1.54, 1.807) is 11.3 Å². The molecule has 3 rings (SSSR count). The summed E-state index contributed by atoms with van der Waals surface area (Å²) in [5.41, 5.74) is 1.21. The zero-order chi connectivity index (χ0) is 13.3. The van der Waals surface area contributed by atoms with Crippen LogP contribution >= 0.6 is 11.3 Å². The van der Waals surface area contributed by atoms with Crippen molar-refractivity contribution in [2.45, 2.75) is 44.7 Å². The Morgan fingerprint density at radius 3 is 2.63 bits per heavy atom. The molecular weight excluding hydrogens is 254 g/mol. The van der Waals surface area contributed by atoms with Crippen LogP contribution in [-0.4, -0.2) is 16.2 Å². The van der Waals surface area contributed by atoms with Gasteiger partial charge >= 0.3 is 0 Å². The molecule has 0 saturated heterocycles. The minimum absolute atomic E-state index is 0.0727. The van der Waals surface area contributed by atoms with Crippen molar-refractivity contribution < 1.29 is 0 Å². The van der Waals surface area contributed by atoms with Gasteiger partial charge in [-0.05, 0) is 32.3 Å². The van der Waals surface area contributed by atoms with Gasteiger partial charge in [0.1, 0.15) is 10.0 Å². The summed E-state index contributed by atoms with van der Waals surface area (Å²) >= 11 is 1.72. The van der Waals surface area contributed by atoms with E-state index in [-0.39, 0.29) is 5.41 Å². The van der Waals surface area contributed by atoms with Gasteiger partial charge < -0.3 is 5.32 Å². The number of aromatic nitrogens is 2. The molecule has 0 bridgehead atoms. The van der Waals surface area contributed by atoms with Gasteiger partial charge in [0.25, 0.3) is 0 Å². The van der Waals surface area contributed by atoms with Gasteiger partial charge in [0.05, 0.1) is 0 Å². The highest BCUT2D eigenvalue weighted by Gasteiger charge is 2.28. The van der Waals surface area contributed by atoms with E-state index in [2.05, 4.69) is 53.6 Å². The third-order valence-corrected chi connectivity index (χ3v) is 4.86. The summed E-state index contributed by atoms with van der Waals surface area (Å²) in [7, 11) is 0. The lowest BCUT2D eigenvalue weighted by Crippen LogP contribution is -2.18. The Morgan fingerprint density at radius 2 is 1.95 bits per heavy atom. The number of nitrogens with one attached hydrogen (secondary N) is 1. The van der Waals surface area contributed by atoms with E-state index < -0.39 is 0 Å². The van der Waals surface area contributed by atoms with E-state index in [4.69, 9.17) is 0 Å². The van der Waals surface area contributed by atoms with Crippen LogP contribution in [-0.2, 0) is 12.0 Å². The molecule has 0 unspecified atom stereocenters. The van der Waals surface area contributed by atoms with Gasteiger partial charge in [-0.1, -0.05) is 41.7 Å². The highest BCUT2D eigenvalue weighted by Crippen LogP contribution is 2.33. The average Bonchev–Trinajstić information content (AvgIpc) is 3.13. The third kappa shape index (κ3) is 2.85. The summed E-state index contributed by atoms with van der Waals surface area (Å²) in [5.74, 6) is 0. The Labute approximate surface area is 118 Å². The molecule has 0 amide bonds. The molecule has 100 valence electrons. The number of hydrogen-bond acceptors (Lipinski definition) is 4. The normalized spacial score (nSPS) is 15.7. The molecule has 1 aromatic carbocycles. The van der Waals surface area contributed by atoms with E-state index in [0.717, 1.165) is 22.6 Å². The van der Waals surface area contributed by atoms with Crippen LogP contribution in [0.15, 0.2) is 30.3 Å². The van der Waals surface area contributed by atoms with E-state index >= 15 is 0 Å². The second kappa shape index (κ2) is 5.02. The summed E-state index contributed by atoms with van der Waals surface area (Å²) < 4.78 is 0. The highest BCUT2D eigenvalue weighted by atomic mass is 32.1. The lowest BCUT2D eigenvalue weighted by Gasteiger charge is -2.21. The minimum atomic E-state index is -0.0727. The van der Waals surface area contributed by atoms with Crippen LogP contribution < -0.4 is 5.32 Å². The number of hydrogen-bond donors (Lipinski definition) is 1. The monoisotopic (exact) mass is 273 g/mol. The largest absolute Gasteiger partial charge is 0.308 e. The highest BCUT2D eigenvalue weighted by molar-refractivity contribution is 7.11. The van der Waals surface area contributed by atoms with E-state index in [0.29, 0.717) is 0 Å². The van der Waals surface area contributed by atoms with Gasteiger partial charge in [-0.25, -0.2) is 0 Å². The fourth-order valence-electron chi connectivity index (χ4n) is 2.08. The quantitative estimate of drug-likeness (QED) is 0.909. The van der Waals surface area contributed by atoms with Crippen LogP contribution in [0.5, 0.6) is 0 Å². The number of benzene rings is 1. The second-order valence-electron chi connectivity index (χ2n) is 5.65. The van der Waals surface area contributed by atoms with Crippen molar-refractivity contribution in [3.8, 4) is 0 Å². The summed E-state index contributed by atoms with van der Waals surface area (Å²) in [4.78, 5) is 0. The molecule has 1 aliphatic rings. The molecule has 19 heavy (non-hydrogen) atoms. The van der Waals surface area contributed by atoms with Crippen molar-refractivity contribution in [2.75, 3.05) is 0 Å². The standard InChI is InChI=1S/C15H19N3S/c1-15(2,11-6-4-3-5-7-11)14-18-17-13(19-14)10-16-12-8-9-12/h3-7,12,16H,8-10H2,1-2H3. The van der Waals surface area contributed by atoms with Crippen molar-refractivity contribution in [2.24, 2.45) is 0 Å². The van der Waals surface area contributed by atoms with Crippen molar-refractivity contribution in [3.63, 3.8) is 0 Å². The van der Waals surface area contributed by atoms with Gasteiger partial charge in [-0.2, -0.15) is 0 Å². The predicted molar refractivity (Wildman–Crippen MR) is 78.3 cm³/mol. The summed E-state index contributed by atoms with van der Waals surface area (Å²) in [6.45, 7) is 5.27. The molecule has 1 saturated carbocycles. The first-order valence-corrected chi connectivity index (χ1v) is 7.59. The molecule has 0 aliphatic heterocycles. The van der Waals surface area contributed by atoms with Crippen LogP contribution in [0.2, 0.25) is 0 Å². The van der Waals surface area contributed by atoms with Gasteiger partial charge in [0.15, 0.2) is 0 Å². The maximum atomic E-state index is 4.39. The fourth-order valence-corrected chi connectivity index (χ4v) is 2.99. The summed E-state index contributed by atoms with van der Waals surface area (Å²) in [6, 6.07) is 11.2. The van der Waals surface area contributed by atoms with E-state index in [1.165, 1.54) is 18.4 Å². The number of nitrogens with zero attached hydrogens (tertiary/aromatic N) is 2. The second-order valence-corrected chi connectivity index (χ2v) is 6.71. The van der Waals surface area contributed by atoms with Crippen LogP contribution in [0, 0.1) is 0 Å². The number of rotatable bonds is 5. The minimum Gasteiger partial charge on any atom is -0.308 e. The first kappa shape index (κ1) is 12.8. The smallest absolute Gasteiger partial charge is 0.131 e. The lowest BCUT2D eigenvalue weighted by atomic mass is 9.85.